The normalized spacial score (nSPS) is 18.0. The summed E-state index contributed by atoms with van der Waals surface area (Å²) in [5.41, 5.74) is -0.0131. The SMILES string of the molecule is CC(C)(C)OC(=O)N1CCC(C(=O)NS(=O)(=O)Cc2ccccc2)C1. The van der Waals surface area contributed by atoms with Crippen molar-refractivity contribution in [2.75, 3.05) is 13.1 Å². The highest BCUT2D eigenvalue weighted by Crippen LogP contribution is 2.20. The summed E-state index contributed by atoms with van der Waals surface area (Å²) in [6, 6.07) is 8.64. The summed E-state index contributed by atoms with van der Waals surface area (Å²) < 4.78 is 31.6. The van der Waals surface area contributed by atoms with Crippen molar-refractivity contribution in [3.8, 4) is 0 Å². The first kappa shape index (κ1) is 19.2. The molecule has 1 unspecified atom stereocenters. The molecule has 1 saturated heterocycles. The van der Waals surface area contributed by atoms with Gasteiger partial charge in [0.1, 0.15) is 5.60 Å². The topological polar surface area (TPSA) is 92.8 Å². The minimum Gasteiger partial charge on any atom is -0.444 e. The van der Waals surface area contributed by atoms with E-state index in [0.717, 1.165) is 0 Å². The number of benzene rings is 1. The van der Waals surface area contributed by atoms with E-state index >= 15 is 0 Å². The van der Waals surface area contributed by atoms with Gasteiger partial charge in [-0.15, -0.1) is 0 Å². The average molecular weight is 368 g/mol. The van der Waals surface area contributed by atoms with E-state index < -0.39 is 33.5 Å². The van der Waals surface area contributed by atoms with Crippen LogP contribution in [0.4, 0.5) is 4.79 Å². The van der Waals surface area contributed by atoms with Crippen LogP contribution in [0.3, 0.4) is 0 Å². The fraction of sp³-hybridized carbons (Fsp3) is 0.529. The van der Waals surface area contributed by atoms with Gasteiger partial charge in [0.05, 0.1) is 11.7 Å². The Bertz CT molecular complexity index is 725. The molecule has 138 valence electrons. The van der Waals surface area contributed by atoms with Gasteiger partial charge in [-0.25, -0.2) is 13.2 Å². The monoisotopic (exact) mass is 368 g/mol. The Morgan fingerprint density at radius 1 is 1.24 bits per heavy atom. The Kier molecular flexibility index (Phi) is 5.72. The van der Waals surface area contributed by atoms with Crippen LogP contribution < -0.4 is 4.72 Å². The predicted molar refractivity (Wildman–Crippen MR) is 93.1 cm³/mol. The highest BCUT2D eigenvalue weighted by Gasteiger charge is 2.34. The average Bonchev–Trinajstić information content (AvgIpc) is 2.95. The molecule has 0 saturated carbocycles. The summed E-state index contributed by atoms with van der Waals surface area (Å²) >= 11 is 0. The van der Waals surface area contributed by atoms with Gasteiger partial charge in [0.25, 0.3) is 0 Å². The molecule has 1 aliphatic rings. The number of likely N-dealkylation sites (tertiary alicyclic amines) is 1. The maximum Gasteiger partial charge on any atom is 0.410 e. The molecule has 0 bridgehead atoms. The smallest absolute Gasteiger partial charge is 0.410 e. The van der Waals surface area contributed by atoms with Crippen LogP contribution in [-0.4, -0.2) is 44.0 Å². The first-order valence-electron chi connectivity index (χ1n) is 8.12. The van der Waals surface area contributed by atoms with Crippen molar-refractivity contribution in [2.24, 2.45) is 5.92 Å². The highest BCUT2D eigenvalue weighted by atomic mass is 32.2. The highest BCUT2D eigenvalue weighted by molar-refractivity contribution is 7.89. The van der Waals surface area contributed by atoms with Gasteiger partial charge in [-0.1, -0.05) is 30.3 Å². The Morgan fingerprint density at radius 2 is 1.88 bits per heavy atom. The maximum atomic E-state index is 12.2. The molecule has 0 radical (unpaired) electrons. The fourth-order valence-electron chi connectivity index (χ4n) is 2.53. The Balaban J connectivity index is 1.90. The van der Waals surface area contributed by atoms with Gasteiger partial charge in [0, 0.05) is 13.1 Å². The number of nitrogens with one attached hydrogen (secondary N) is 1. The van der Waals surface area contributed by atoms with E-state index in [1.54, 1.807) is 51.1 Å². The summed E-state index contributed by atoms with van der Waals surface area (Å²) in [5, 5.41) is 0. The van der Waals surface area contributed by atoms with Crippen molar-refractivity contribution in [1.82, 2.24) is 9.62 Å². The lowest BCUT2D eigenvalue weighted by molar-refractivity contribution is -0.122. The summed E-state index contributed by atoms with van der Waals surface area (Å²) in [6.45, 7) is 5.82. The first-order valence-corrected chi connectivity index (χ1v) is 9.77. The Morgan fingerprint density at radius 3 is 2.48 bits per heavy atom. The Labute approximate surface area is 148 Å². The molecule has 8 heteroatoms. The van der Waals surface area contributed by atoms with E-state index in [2.05, 4.69) is 4.72 Å². The molecule has 1 fully saturated rings. The summed E-state index contributed by atoms with van der Waals surface area (Å²) in [7, 11) is -3.77. The van der Waals surface area contributed by atoms with Crippen molar-refractivity contribution in [1.29, 1.82) is 0 Å². The molecule has 25 heavy (non-hydrogen) atoms. The standard InChI is InChI=1S/C17H24N2O5S/c1-17(2,3)24-16(21)19-10-9-14(11-19)15(20)18-25(22,23)12-13-7-5-4-6-8-13/h4-8,14H,9-12H2,1-3H3,(H,18,20). The second kappa shape index (κ2) is 7.43. The molecule has 0 aliphatic carbocycles. The van der Waals surface area contributed by atoms with E-state index in [-0.39, 0.29) is 12.3 Å². The van der Waals surface area contributed by atoms with Crippen LogP contribution >= 0.6 is 0 Å². The third kappa shape index (κ3) is 6.04. The molecule has 1 atom stereocenters. The van der Waals surface area contributed by atoms with Gasteiger partial charge in [-0.05, 0) is 32.8 Å². The molecule has 0 aromatic heterocycles. The van der Waals surface area contributed by atoms with Gasteiger partial charge >= 0.3 is 6.09 Å². The van der Waals surface area contributed by atoms with Crippen molar-refractivity contribution in [2.45, 2.75) is 38.5 Å². The van der Waals surface area contributed by atoms with Crippen LogP contribution in [0.15, 0.2) is 30.3 Å². The summed E-state index contributed by atoms with van der Waals surface area (Å²) in [4.78, 5) is 25.7. The minimum atomic E-state index is -3.77. The molecule has 1 aromatic carbocycles. The van der Waals surface area contributed by atoms with Crippen molar-refractivity contribution in [3.63, 3.8) is 0 Å². The minimum absolute atomic E-state index is 0.154. The number of nitrogens with zero attached hydrogens (tertiary/aromatic N) is 1. The predicted octanol–water partition coefficient (Wildman–Crippen LogP) is 1.89. The zero-order valence-corrected chi connectivity index (χ0v) is 15.5. The number of amides is 2. The zero-order valence-electron chi connectivity index (χ0n) is 14.7. The maximum absolute atomic E-state index is 12.2. The summed E-state index contributed by atoms with van der Waals surface area (Å²) in [5.74, 6) is -1.40. The van der Waals surface area contributed by atoms with Gasteiger partial charge in [-0.3, -0.25) is 9.52 Å². The van der Waals surface area contributed by atoms with Crippen LogP contribution in [0, 0.1) is 5.92 Å². The van der Waals surface area contributed by atoms with E-state index in [9.17, 15) is 18.0 Å². The molecular weight excluding hydrogens is 344 g/mol. The number of hydrogen-bond acceptors (Lipinski definition) is 5. The van der Waals surface area contributed by atoms with Crippen molar-refractivity contribution < 1.29 is 22.7 Å². The second-order valence-electron chi connectivity index (χ2n) is 7.12. The lowest BCUT2D eigenvalue weighted by Gasteiger charge is -2.24. The molecule has 1 aliphatic heterocycles. The van der Waals surface area contributed by atoms with E-state index in [0.29, 0.717) is 18.5 Å². The van der Waals surface area contributed by atoms with Crippen LogP contribution in [-0.2, 0) is 25.3 Å². The summed E-state index contributed by atoms with van der Waals surface area (Å²) in [6.07, 6.45) is -0.0821. The van der Waals surface area contributed by atoms with Crippen LogP contribution in [0.1, 0.15) is 32.8 Å². The van der Waals surface area contributed by atoms with Crippen molar-refractivity contribution in [3.05, 3.63) is 35.9 Å². The Hall–Kier alpha value is -2.09. The third-order valence-electron chi connectivity index (χ3n) is 3.67. The molecule has 2 amide bonds. The lowest BCUT2D eigenvalue weighted by Crippen LogP contribution is -2.39. The molecule has 1 heterocycles. The molecule has 1 N–H and O–H groups in total. The van der Waals surface area contributed by atoms with Gasteiger partial charge in [-0.2, -0.15) is 0 Å². The van der Waals surface area contributed by atoms with E-state index in [4.69, 9.17) is 4.74 Å². The van der Waals surface area contributed by atoms with Crippen LogP contribution in [0.5, 0.6) is 0 Å². The van der Waals surface area contributed by atoms with Gasteiger partial charge < -0.3 is 9.64 Å². The van der Waals surface area contributed by atoms with Gasteiger partial charge in [0.15, 0.2) is 0 Å². The number of rotatable bonds is 4. The zero-order chi connectivity index (χ0) is 18.7. The van der Waals surface area contributed by atoms with Crippen LogP contribution in [0.2, 0.25) is 0 Å². The van der Waals surface area contributed by atoms with Crippen LogP contribution in [0.25, 0.3) is 0 Å². The number of ether oxygens (including phenoxy) is 1. The van der Waals surface area contributed by atoms with Crippen molar-refractivity contribution >= 4 is 22.0 Å². The largest absolute Gasteiger partial charge is 0.444 e. The number of sulfonamides is 1. The molecule has 7 nitrogen and oxygen atoms in total. The molecule has 1 aromatic rings. The number of carbonyl (C=O) groups excluding carboxylic acids is 2. The number of hydrogen-bond donors (Lipinski definition) is 1. The lowest BCUT2D eigenvalue weighted by atomic mass is 10.1. The molecule has 2 rings (SSSR count). The second-order valence-corrected chi connectivity index (χ2v) is 8.85. The molecular formula is C17H24N2O5S. The van der Waals surface area contributed by atoms with E-state index in [1.807, 2.05) is 0 Å². The third-order valence-corrected chi connectivity index (χ3v) is 4.89. The molecule has 0 spiro atoms. The first-order chi connectivity index (χ1) is 11.6. The quantitative estimate of drug-likeness (QED) is 0.876. The van der Waals surface area contributed by atoms with E-state index in [1.165, 1.54) is 4.90 Å². The fourth-order valence-corrected chi connectivity index (χ4v) is 3.71. The number of carbonyl (C=O) groups is 2. The van der Waals surface area contributed by atoms with Gasteiger partial charge in [0.2, 0.25) is 15.9 Å².